The maximum atomic E-state index is 13.6. The van der Waals surface area contributed by atoms with E-state index >= 15 is 0 Å². The molecule has 3 aromatic carbocycles. The van der Waals surface area contributed by atoms with Crippen molar-refractivity contribution in [1.82, 2.24) is 14.2 Å². The smallest absolute Gasteiger partial charge is 0.282 e. The Hall–Kier alpha value is -3.75. The molecular formula is C29H20Br2N4O2. The Morgan fingerprint density at radius 1 is 0.919 bits per heavy atom. The zero-order valence-electron chi connectivity index (χ0n) is 19.9. The van der Waals surface area contributed by atoms with Gasteiger partial charge < -0.3 is 8.98 Å². The van der Waals surface area contributed by atoms with E-state index in [1.807, 2.05) is 68.4 Å². The van der Waals surface area contributed by atoms with E-state index in [2.05, 4.69) is 59.7 Å². The number of hydrogen-bond acceptors (Lipinski definition) is 4. The second-order valence-electron chi connectivity index (χ2n) is 8.75. The lowest BCUT2D eigenvalue weighted by atomic mass is 10.2. The molecule has 0 saturated heterocycles. The summed E-state index contributed by atoms with van der Waals surface area (Å²) in [6.07, 6.45) is 1.71. The van der Waals surface area contributed by atoms with Crippen molar-refractivity contribution >= 4 is 59.9 Å². The van der Waals surface area contributed by atoms with Gasteiger partial charge in [-0.1, -0.05) is 50.1 Å². The molecule has 37 heavy (non-hydrogen) atoms. The van der Waals surface area contributed by atoms with Crippen LogP contribution in [0.1, 0.15) is 17.0 Å². The maximum Gasteiger partial charge on any atom is 0.282 e. The van der Waals surface area contributed by atoms with Crippen molar-refractivity contribution in [3.63, 3.8) is 0 Å². The van der Waals surface area contributed by atoms with Gasteiger partial charge >= 0.3 is 0 Å². The molecule has 0 atom stereocenters. The summed E-state index contributed by atoms with van der Waals surface area (Å²) in [6.45, 7) is 4.08. The minimum Gasteiger partial charge on any atom is -0.453 e. The van der Waals surface area contributed by atoms with E-state index < -0.39 is 0 Å². The Labute approximate surface area is 229 Å². The van der Waals surface area contributed by atoms with Gasteiger partial charge in [0.25, 0.3) is 5.56 Å². The van der Waals surface area contributed by atoms with Crippen LogP contribution in [0.2, 0.25) is 0 Å². The third-order valence-electron chi connectivity index (χ3n) is 6.30. The van der Waals surface area contributed by atoms with E-state index in [1.165, 1.54) is 4.68 Å². The third kappa shape index (κ3) is 4.26. The highest BCUT2D eigenvalue weighted by Gasteiger charge is 2.17. The number of para-hydroxylation sites is 1. The number of rotatable bonds is 4. The fraction of sp³-hybridized carbons (Fsp3) is 0.0690. The van der Waals surface area contributed by atoms with Crippen LogP contribution in [-0.4, -0.2) is 20.4 Å². The van der Waals surface area contributed by atoms with Crippen LogP contribution >= 0.6 is 31.9 Å². The monoisotopic (exact) mass is 614 g/mol. The van der Waals surface area contributed by atoms with Crippen molar-refractivity contribution < 1.29 is 4.42 Å². The Kier molecular flexibility index (Phi) is 5.93. The Morgan fingerprint density at radius 2 is 1.73 bits per heavy atom. The van der Waals surface area contributed by atoms with Gasteiger partial charge in [0.2, 0.25) is 5.82 Å². The topological polar surface area (TPSA) is 65.3 Å². The highest BCUT2D eigenvalue weighted by molar-refractivity contribution is 9.10. The van der Waals surface area contributed by atoms with Crippen molar-refractivity contribution in [2.45, 2.75) is 13.8 Å². The molecule has 6 nitrogen and oxygen atoms in total. The van der Waals surface area contributed by atoms with E-state index in [1.54, 1.807) is 12.3 Å². The molecule has 0 aliphatic carbocycles. The van der Waals surface area contributed by atoms with Gasteiger partial charge in [-0.25, -0.2) is 4.98 Å². The quantitative estimate of drug-likeness (QED) is 0.192. The maximum absolute atomic E-state index is 13.6. The fourth-order valence-corrected chi connectivity index (χ4v) is 5.33. The molecule has 0 amide bonds. The van der Waals surface area contributed by atoms with Gasteiger partial charge in [-0.2, -0.15) is 9.78 Å². The predicted molar refractivity (Wildman–Crippen MR) is 155 cm³/mol. The van der Waals surface area contributed by atoms with Gasteiger partial charge in [-0.15, -0.1) is 0 Å². The number of furan rings is 1. The van der Waals surface area contributed by atoms with Crippen LogP contribution in [0.25, 0.3) is 39.1 Å². The van der Waals surface area contributed by atoms with Crippen molar-refractivity contribution in [1.29, 1.82) is 0 Å². The highest BCUT2D eigenvalue weighted by Crippen LogP contribution is 2.29. The Morgan fingerprint density at radius 3 is 2.57 bits per heavy atom. The molecule has 3 aromatic heterocycles. The molecule has 0 saturated carbocycles. The van der Waals surface area contributed by atoms with Crippen LogP contribution in [0, 0.1) is 13.8 Å². The lowest BCUT2D eigenvalue weighted by molar-refractivity contribution is 0.616. The van der Waals surface area contributed by atoms with Crippen LogP contribution in [0.4, 0.5) is 0 Å². The molecule has 0 fully saturated rings. The van der Waals surface area contributed by atoms with E-state index in [0.717, 1.165) is 37.0 Å². The summed E-state index contributed by atoms with van der Waals surface area (Å²) >= 11 is 7.06. The summed E-state index contributed by atoms with van der Waals surface area (Å²) in [4.78, 5) is 18.4. The lowest BCUT2D eigenvalue weighted by Crippen LogP contribution is -2.20. The largest absolute Gasteiger partial charge is 0.453 e. The number of halogens is 2. The third-order valence-corrected chi connectivity index (χ3v) is 7.29. The van der Waals surface area contributed by atoms with Crippen LogP contribution < -0.4 is 5.56 Å². The van der Waals surface area contributed by atoms with Crippen LogP contribution in [0.3, 0.4) is 0 Å². The summed E-state index contributed by atoms with van der Waals surface area (Å²) in [7, 11) is 0. The van der Waals surface area contributed by atoms with Crippen molar-refractivity contribution in [2.24, 2.45) is 5.10 Å². The first-order valence-corrected chi connectivity index (χ1v) is 13.2. The second kappa shape index (κ2) is 9.28. The Balaban J connectivity index is 1.52. The molecule has 0 aliphatic heterocycles. The summed E-state index contributed by atoms with van der Waals surface area (Å²) in [5, 5.41) is 6.03. The van der Waals surface area contributed by atoms with Gasteiger partial charge in [-0.05, 0) is 74.5 Å². The van der Waals surface area contributed by atoms with Gasteiger partial charge in [0, 0.05) is 37.0 Å². The molecule has 6 aromatic rings. The average molecular weight is 616 g/mol. The number of aryl methyl sites for hydroxylation is 1. The van der Waals surface area contributed by atoms with E-state index in [-0.39, 0.29) is 5.56 Å². The normalized spacial score (nSPS) is 11.8. The standard InChI is InChI=1S/C29H20Br2N4O2/c1-17-12-20(18(2)34(17)23-7-5-6-21(30)15-23)16-32-35-28(33-25-9-4-3-8-24(25)29(35)36)27-14-19-13-22(31)10-11-26(19)37-27/h3-16H,1-2H3. The molecule has 0 unspecified atom stereocenters. The fourth-order valence-electron chi connectivity index (χ4n) is 4.57. The first kappa shape index (κ1) is 23.6. The summed E-state index contributed by atoms with van der Waals surface area (Å²) < 4.78 is 11.5. The average Bonchev–Trinajstić information content (AvgIpc) is 3.42. The van der Waals surface area contributed by atoms with E-state index in [9.17, 15) is 4.79 Å². The Bertz CT molecular complexity index is 1910. The lowest BCUT2D eigenvalue weighted by Gasteiger charge is -2.10. The molecular weight excluding hydrogens is 596 g/mol. The molecule has 3 heterocycles. The summed E-state index contributed by atoms with van der Waals surface area (Å²) in [6, 6.07) is 25.1. The molecule has 0 radical (unpaired) electrons. The minimum absolute atomic E-state index is 0.265. The molecule has 0 bridgehead atoms. The van der Waals surface area contributed by atoms with E-state index in [0.29, 0.717) is 28.1 Å². The number of nitrogens with zero attached hydrogens (tertiary/aromatic N) is 4. The molecule has 6 rings (SSSR count). The molecule has 0 spiro atoms. The van der Waals surface area contributed by atoms with Gasteiger partial charge in [0.05, 0.1) is 17.1 Å². The minimum atomic E-state index is -0.265. The van der Waals surface area contributed by atoms with Gasteiger partial charge in [0.1, 0.15) is 5.58 Å². The molecule has 182 valence electrons. The number of benzene rings is 3. The van der Waals surface area contributed by atoms with Crippen LogP contribution in [0.5, 0.6) is 0 Å². The number of aromatic nitrogens is 3. The highest BCUT2D eigenvalue weighted by atomic mass is 79.9. The molecule has 0 aliphatic rings. The summed E-state index contributed by atoms with van der Waals surface area (Å²) in [5.41, 5.74) is 5.04. The predicted octanol–water partition coefficient (Wildman–Crippen LogP) is 7.62. The zero-order chi connectivity index (χ0) is 25.7. The first-order valence-electron chi connectivity index (χ1n) is 11.6. The van der Waals surface area contributed by atoms with Crippen molar-refractivity contribution in [3.05, 3.63) is 115 Å². The number of fused-ring (bicyclic) bond motifs is 2. The molecule has 8 heteroatoms. The zero-order valence-corrected chi connectivity index (χ0v) is 23.1. The van der Waals surface area contributed by atoms with Crippen LogP contribution in [0.15, 0.2) is 102 Å². The van der Waals surface area contributed by atoms with Crippen LogP contribution in [-0.2, 0) is 0 Å². The second-order valence-corrected chi connectivity index (χ2v) is 10.6. The number of hydrogen-bond donors (Lipinski definition) is 0. The SMILES string of the molecule is Cc1cc(C=Nn2c(-c3cc4cc(Br)ccc4o3)nc3ccccc3c2=O)c(C)n1-c1cccc(Br)c1. The van der Waals surface area contributed by atoms with Gasteiger partial charge in [0.15, 0.2) is 5.76 Å². The molecule has 0 N–H and O–H groups in total. The van der Waals surface area contributed by atoms with Gasteiger partial charge in [-0.3, -0.25) is 4.79 Å². The van der Waals surface area contributed by atoms with E-state index in [4.69, 9.17) is 9.40 Å². The first-order chi connectivity index (χ1) is 17.9. The summed E-state index contributed by atoms with van der Waals surface area (Å²) in [5.74, 6) is 0.806. The van der Waals surface area contributed by atoms with Crippen molar-refractivity contribution in [3.8, 4) is 17.3 Å². The van der Waals surface area contributed by atoms with Crippen molar-refractivity contribution in [2.75, 3.05) is 0 Å².